The van der Waals surface area contributed by atoms with Crippen molar-refractivity contribution in [1.82, 2.24) is 9.97 Å². The van der Waals surface area contributed by atoms with Gasteiger partial charge in [0.25, 0.3) is 5.56 Å². The first kappa shape index (κ1) is 12.6. The molecular weight excluding hydrogens is 252 g/mol. The van der Waals surface area contributed by atoms with Crippen LogP contribution in [0, 0.1) is 6.92 Å². The van der Waals surface area contributed by atoms with E-state index in [2.05, 4.69) is 38.7 Å². The molecule has 1 aromatic heterocycles. The monoisotopic (exact) mass is 268 g/mol. The first-order chi connectivity index (χ1) is 9.70. The molecule has 2 N–H and O–H groups in total. The Morgan fingerprint density at radius 3 is 3.00 bits per heavy atom. The molecule has 3 rings (SSSR count). The normalized spacial score (nSPS) is 13.7. The number of anilines is 1. The first-order valence-corrected chi connectivity index (χ1v) is 6.69. The molecule has 0 unspecified atom stereocenters. The average Bonchev–Trinajstić information content (AvgIpc) is 2.85. The van der Waals surface area contributed by atoms with E-state index in [1.807, 2.05) is 0 Å². The van der Waals surface area contributed by atoms with E-state index >= 15 is 0 Å². The van der Waals surface area contributed by atoms with Gasteiger partial charge >= 0.3 is 0 Å². The highest BCUT2D eigenvalue weighted by atomic mass is 16.1. The highest BCUT2D eigenvalue weighted by molar-refractivity contribution is 5.80. The molecule has 20 heavy (non-hydrogen) atoms. The molecule has 102 valence electrons. The van der Waals surface area contributed by atoms with E-state index in [-0.39, 0.29) is 5.56 Å². The lowest BCUT2D eigenvalue weighted by atomic mass is 10.1. The van der Waals surface area contributed by atoms with Gasteiger partial charge in [-0.1, -0.05) is 12.1 Å². The third-order valence-electron chi connectivity index (χ3n) is 3.38. The standard InChI is InChI=1S/C15H16N4O/c1-10-7-14(20)18-15(17-10)19-16-9-11-5-6-12-3-2-4-13(12)8-11/h5-9H,2-4H2,1H3,(H2,17,18,19,20). The Morgan fingerprint density at radius 1 is 1.30 bits per heavy atom. The molecule has 0 atom stereocenters. The first-order valence-electron chi connectivity index (χ1n) is 6.69. The molecule has 0 saturated carbocycles. The maximum atomic E-state index is 11.3. The topological polar surface area (TPSA) is 70.1 Å². The number of fused-ring (bicyclic) bond motifs is 1. The molecule has 0 radical (unpaired) electrons. The fraction of sp³-hybridized carbons (Fsp3) is 0.267. The number of aryl methyl sites for hydroxylation is 3. The van der Waals surface area contributed by atoms with Gasteiger partial charge in [-0.2, -0.15) is 5.10 Å². The smallest absolute Gasteiger partial charge is 0.252 e. The molecule has 0 saturated heterocycles. The zero-order valence-corrected chi connectivity index (χ0v) is 11.3. The molecule has 2 aromatic rings. The minimum Gasteiger partial charge on any atom is -0.291 e. The predicted molar refractivity (Wildman–Crippen MR) is 79.3 cm³/mol. The summed E-state index contributed by atoms with van der Waals surface area (Å²) in [4.78, 5) is 18.0. The minimum atomic E-state index is -0.187. The molecule has 1 aliphatic carbocycles. The SMILES string of the molecule is Cc1cc(=O)[nH]c(NN=Cc2ccc3c(c2)CCC3)n1. The average molecular weight is 268 g/mol. The van der Waals surface area contributed by atoms with Crippen LogP contribution in [-0.4, -0.2) is 16.2 Å². The summed E-state index contributed by atoms with van der Waals surface area (Å²) in [6.07, 6.45) is 5.31. The lowest BCUT2D eigenvalue weighted by Gasteiger charge is -2.01. The molecule has 1 aromatic carbocycles. The van der Waals surface area contributed by atoms with Crippen LogP contribution in [0.5, 0.6) is 0 Å². The fourth-order valence-electron chi connectivity index (χ4n) is 2.47. The molecule has 0 aliphatic heterocycles. The number of H-pyrrole nitrogens is 1. The Bertz CT molecular complexity index is 718. The number of aromatic nitrogens is 2. The van der Waals surface area contributed by atoms with E-state index in [4.69, 9.17) is 0 Å². The highest BCUT2D eigenvalue weighted by Gasteiger charge is 2.09. The van der Waals surface area contributed by atoms with Crippen molar-refractivity contribution in [1.29, 1.82) is 0 Å². The van der Waals surface area contributed by atoms with E-state index in [0.717, 1.165) is 12.0 Å². The second-order valence-electron chi connectivity index (χ2n) is 4.99. The van der Waals surface area contributed by atoms with Crippen LogP contribution >= 0.6 is 0 Å². The zero-order chi connectivity index (χ0) is 13.9. The zero-order valence-electron chi connectivity index (χ0n) is 11.3. The van der Waals surface area contributed by atoms with Crippen LogP contribution in [0.15, 0.2) is 34.2 Å². The van der Waals surface area contributed by atoms with Gasteiger partial charge in [-0.25, -0.2) is 10.4 Å². The summed E-state index contributed by atoms with van der Waals surface area (Å²) in [5.41, 5.74) is 7.12. The lowest BCUT2D eigenvalue weighted by Crippen LogP contribution is -2.10. The lowest BCUT2D eigenvalue weighted by molar-refractivity contribution is 0.912. The van der Waals surface area contributed by atoms with E-state index in [1.54, 1.807) is 13.1 Å². The van der Waals surface area contributed by atoms with Crippen molar-refractivity contribution in [2.45, 2.75) is 26.2 Å². The van der Waals surface area contributed by atoms with Crippen molar-refractivity contribution in [3.8, 4) is 0 Å². The van der Waals surface area contributed by atoms with E-state index in [9.17, 15) is 4.79 Å². The van der Waals surface area contributed by atoms with Crippen molar-refractivity contribution in [3.63, 3.8) is 0 Å². The number of hydrogen-bond donors (Lipinski definition) is 2. The summed E-state index contributed by atoms with van der Waals surface area (Å²) in [7, 11) is 0. The highest BCUT2D eigenvalue weighted by Crippen LogP contribution is 2.22. The van der Waals surface area contributed by atoms with Crippen LogP contribution in [0.3, 0.4) is 0 Å². The summed E-state index contributed by atoms with van der Waals surface area (Å²) < 4.78 is 0. The van der Waals surface area contributed by atoms with Crippen LogP contribution < -0.4 is 11.0 Å². The Kier molecular flexibility index (Phi) is 3.33. The van der Waals surface area contributed by atoms with Crippen molar-refractivity contribution >= 4 is 12.2 Å². The van der Waals surface area contributed by atoms with Gasteiger partial charge in [0, 0.05) is 11.8 Å². The van der Waals surface area contributed by atoms with E-state index < -0.39 is 0 Å². The maximum absolute atomic E-state index is 11.3. The van der Waals surface area contributed by atoms with Crippen LogP contribution in [0.2, 0.25) is 0 Å². The number of hydrogen-bond acceptors (Lipinski definition) is 4. The Hall–Kier alpha value is -2.43. The number of nitrogens with one attached hydrogen (secondary N) is 2. The molecular formula is C15H16N4O. The summed E-state index contributed by atoms with van der Waals surface area (Å²) in [6, 6.07) is 7.83. The number of hydrazone groups is 1. The van der Waals surface area contributed by atoms with Crippen LogP contribution in [0.1, 0.15) is 28.8 Å². The van der Waals surface area contributed by atoms with Gasteiger partial charge in [0.1, 0.15) is 0 Å². The second-order valence-corrected chi connectivity index (χ2v) is 4.99. The maximum Gasteiger partial charge on any atom is 0.252 e. The van der Waals surface area contributed by atoms with Gasteiger partial charge in [-0.15, -0.1) is 0 Å². The van der Waals surface area contributed by atoms with Gasteiger partial charge in [-0.3, -0.25) is 9.78 Å². The summed E-state index contributed by atoms with van der Waals surface area (Å²) in [5, 5.41) is 4.11. The van der Waals surface area contributed by atoms with Crippen LogP contribution in [0.25, 0.3) is 0 Å². The molecule has 5 heteroatoms. The van der Waals surface area contributed by atoms with Gasteiger partial charge in [0.05, 0.1) is 6.21 Å². The summed E-state index contributed by atoms with van der Waals surface area (Å²) in [5.74, 6) is 0.354. The number of aromatic amines is 1. The van der Waals surface area contributed by atoms with Crippen LogP contribution in [-0.2, 0) is 12.8 Å². The molecule has 5 nitrogen and oxygen atoms in total. The minimum absolute atomic E-state index is 0.187. The van der Waals surface area contributed by atoms with Crippen molar-refractivity contribution in [2.75, 3.05) is 5.43 Å². The van der Waals surface area contributed by atoms with Gasteiger partial charge in [0.15, 0.2) is 0 Å². The molecule has 0 fully saturated rings. The Morgan fingerprint density at radius 2 is 2.15 bits per heavy atom. The van der Waals surface area contributed by atoms with Gasteiger partial charge < -0.3 is 0 Å². The number of benzene rings is 1. The van der Waals surface area contributed by atoms with Crippen LogP contribution in [0.4, 0.5) is 5.95 Å². The third-order valence-corrected chi connectivity index (χ3v) is 3.38. The van der Waals surface area contributed by atoms with Gasteiger partial charge in [-0.05, 0) is 48.9 Å². The van der Waals surface area contributed by atoms with Crippen molar-refractivity contribution in [3.05, 3.63) is 57.0 Å². The summed E-state index contributed by atoms with van der Waals surface area (Å²) in [6.45, 7) is 1.77. The molecule has 0 spiro atoms. The van der Waals surface area contributed by atoms with Gasteiger partial charge in [0.2, 0.25) is 5.95 Å². The largest absolute Gasteiger partial charge is 0.291 e. The quantitative estimate of drug-likeness (QED) is 0.661. The second kappa shape index (κ2) is 5.28. The summed E-state index contributed by atoms with van der Waals surface area (Å²) >= 11 is 0. The van der Waals surface area contributed by atoms with Crippen molar-refractivity contribution in [2.24, 2.45) is 5.10 Å². The Labute approximate surface area is 116 Å². The van der Waals surface area contributed by atoms with E-state index in [1.165, 1.54) is 30.0 Å². The third kappa shape index (κ3) is 2.77. The molecule has 1 aliphatic rings. The fourth-order valence-corrected chi connectivity index (χ4v) is 2.47. The molecule has 0 amide bonds. The molecule has 0 bridgehead atoms. The number of rotatable bonds is 3. The van der Waals surface area contributed by atoms with Crippen molar-refractivity contribution < 1.29 is 0 Å². The Balaban J connectivity index is 1.73. The van der Waals surface area contributed by atoms with E-state index in [0.29, 0.717) is 11.6 Å². The molecule has 1 heterocycles. The predicted octanol–water partition coefficient (Wildman–Crippen LogP) is 2.01. The number of nitrogens with zero attached hydrogens (tertiary/aromatic N) is 2.